The molecule has 2 aromatic rings. The van der Waals surface area contributed by atoms with Crippen LogP contribution in [0.4, 0.5) is 9.18 Å². The van der Waals surface area contributed by atoms with E-state index in [4.69, 9.17) is 4.74 Å². The molecule has 228 valence electrons. The lowest BCUT2D eigenvalue weighted by Gasteiger charge is -2.35. The monoisotopic (exact) mass is 588 g/mol. The van der Waals surface area contributed by atoms with Crippen LogP contribution in [0, 0.1) is 29.0 Å². The van der Waals surface area contributed by atoms with Crippen molar-refractivity contribution in [1.29, 1.82) is 5.26 Å². The molecule has 4 atom stereocenters. The lowest BCUT2D eigenvalue weighted by atomic mass is 9.87. The molecule has 0 unspecified atom stereocenters. The number of likely N-dealkylation sites (N-methyl/N-ethyl adjacent to an activating group) is 1. The van der Waals surface area contributed by atoms with Gasteiger partial charge in [-0.1, -0.05) is 24.3 Å². The van der Waals surface area contributed by atoms with Crippen LogP contribution in [-0.4, -0.2) is 83.4 Å². The summed E-state index contributed by atoms with van der Waals surface area (Å²) in [6.45, 7) is 8.40. The predicted molar refractivity (Wildman–Crippen MR) is 161 cm³/mol. The number of carbonyl (C=O) groups is 3. The maximum Gasteiger partial charge on any atom is 0.411 e. The number of ketones is 1. The van der Waals surface area contributed by atoms with Gasteiger partial charge in [0.05, 0.1) is 18.0 Å². The quantitative estimate of drug-likeness (QED) is 0.435. The summed E-state index contributed by atoms with van der Waals surface area (Å²) in [5.74, 6) is -1.31. The zero-order valence-electron chi connectivity index (χ0n) is 25.5. The third kappa shape index (κ3) is 6.91. The number of nitriles is 1. The third-order valence-electron chi connectivity index (χ3n) is 8.90. The molecule has 1 saturated carbocycles. The molecule has 8 nitrogen and oxygen atoms in total. The van der Waals surface area contributed by atoms with Crippen molar-refractivity contribution in [3.05, 3.63) is 59.4 Å². The van der Waals surface area contributed by atoms with E-state index in [1.807, 2.05) is 18.0 Å². The largest absolute Gasteiger partial charge is 0.444 e. The smallest absolute Gasteiger partial charge is 0.411 e. The normalized spacial score (nSPS) is 22.7. The molecule has 43 heavy (non-hydrogen) atoms. The Bertz CT molecular complexity index is 1420. The molecule has 2 saturated heterocycles. The number of ether oxygens (including phenoxy) is 1. The van der Waals surface area contributed by atoms with Crippen molar-refractivity contribution in [2.75, 3.05) is 33.2 Å². The van der Waals surface area contributed by atoms with Gasteiger partial charge in [0.15, 0.2) is 5.78 Å². The number of hydrogen-bond acceptors (Lipinski definition) is 6. The van der Waals surface area contributed by atoms with Crippen LogP contribution in [0.1, 0.15) is 62.4 Å². The molecule has 3 fully saturated rings. The molecule has 3 aliphatic rings. The van der Waals surface area contributed by atoms with Crippen LogP contribution in [0.15, 0.2) is 42.5 Å². The topological polar surface area (TPSA) is 94.0 Å². The van der Waals surface area contributed by atoms with E-state index in [1.54, 1.807) is 56.0 Å². The molecule has 2 aliphatic heterocycles. The number of carbonyl (C=O) groups excluding carboxylic acids is 3. The van der Waals surface area contributed by atoms with Gasteiger partial charge in [-0.3, -0.25) is 14.5 Å². The molecular formula is C34H41FN4O4. The van der Waals surface area contributed by atoms with Crippen LogP contribution in [-0.2, 0) is 16.0 Å². The number of fused-ring (bicyclic) bond motifs is 2. The number of halogens is 1. The van der Waals surface area contributed by atoms with Crippen molar-refractivity contribution in [1.82, 2.24) is 14.7 Å². The van der Waals surface area contributed by atoms with Gasteiger partial charge in [0.25, 0.3) is 5.91 Å². The van der Waals surface area contributed by atoms with Crippen LogP contribution >= 0.6 is 0 Å². The summed E-state index contributed by atoms with van der Waals surface area (Å²) < 4.78 is 21.0. The Hall–Kier alpha value is -3.77. The summed E-state index contributed by atoms with van der Waals surface area (Å²) in [4.78, 5) is 45.1. The summed E-state index contributed by atoms with van der Waals surface area (Å²) in [6, 6.07) is 13.7. The molecule has 2 aromatic carbocycles. The highest BCUT2D eigenvalue weighted by molar-refractivity contribution is 5.95. The SMILES string of the molecule is CN1CCN(C(=O)c2cccc(-c3ccc(C[C@@H](C#N)CC(=O)[C@@H]4[C@H]5CC[C@H](C5)N4C(=O)OC(C)(C)C)c(F)c3)c2)CC1. The van der Waals surface area contributed by atoms with E-state index < -0.39 is 29.5 Å². The molecule has 1 aliphatic carbocycles. The van der Waals surface area contributed by atoms with Gasteiger partial charge in [-0.25, -0.2) is 9.18 Å². The van der Waals surface area contributed by atoms with Crippen LogP contribution < -0.4 is 0 Å². The fraction of sp³-hybridized carbons (Fsp3) is 0.529. The van der Waals surface area contributed by atoms with Crippen molar-refractivity contribution in [2.45, 2.75) is 70.6 Å². The first-order valence-electron chi connectivity index (χ1n) is 15.2. The number of amides is 2. The minimum absolute atomic E-state index is 0.0188. The number of nitrogens with zero attached hydrogens (tertiary/aromatic N) is 4. The number of piperidine rings is 1. The number of hydrogen-bond donors (Lipinski definition) is 0. The zero-order chi connectivity index (χ0) is 30.9. The molecule has 0 spiro atoms. The highest BCUT2D eigenvalue weighted by Gasteiger charge is 2.52. The Morgan fingerprint density at radius 3 is 2.44 bits per heavy atom. The fourth-order valence-electron chi connectivity index (χ4n) is 6.69. The molecule has 0 radical (unpaired) electrons. The second kappa shape index (κ2) is 12.5. The number of rotatable bonds is 7. The second-order valence-electron chi connectivity index (χ2n) is 13.2. The minimum atomic E-state index is -0.725. The maximum absolute atomic E-state index is 15.4. The van der Waals surface area contributed by atoms with Gasteiger partial charge in [-0.05, 0) is 94.3 Å². The Kier molecular flexibility index (Phi) is 8.89. The molecule has 2 bridgehead atoms. The number of benzene rings is 2. The number of piperazine rings is 1. The zero-order valence-corrected chi connectivity index (χ0v) is 25.5. The standard InChI is InChI=1S/C34H41FN4O4/c1-34(2,3)43-33(42)39-28-11-10-26(19-28)31(39)30(40)17-22(21-36)16-25-9-8-24(20-29(25)35)23-6-5-7-27(18-23)32(41)38-14-12-37(4)13-15-38/h5-9,18,20,22,26,28,31H,10-17,19H2,1-4H3/t22-,26+,28-,31+/m1/s1. The van der Waals surface area contributed by atoms with Gasteiger partial charge in [0.2, 0.25) is 0 Å². The van der Waals surface area contributed by atoms with Crippen molar-refractivity contribution < 1.29 is 23.5 Å². The highest BCUT2D eigenvalue weighted by atomic mass is 19.1. The average Bonchev–Trinajstić information content (AvgIpc) is 3.59. The van der Waals surface area contributed by atoms with Crippen LogP contribution in [0.3, 0.4) is 0 Å². The first-order valence-corrected chi connectivity index (χ1v) is 15.2. The molecule has 2 heterocycles. The summed E-state index contributed by atoms with van der Waals surface area (Å²) in [5, 5.41) is 9.90. The summed E-state index contributed by atoms with van der Waals surface area (Å²) in [5.41, 5.74) is 1.61. The van der Waals surface area contributed by atoms with Crippen molar-refractivity contribution in [3.8, 4) is 17.2 Å². The molecule has 9 heteroatoms. The minimum Gasteiger partial charge on any atom is -0.444 e. The van der Waals surface area contributed by atoms with Crippen molar-refractivity contribution in [3.63, 3.8) is 0 Å². The van der Waals surface area contributed by atoms with Gasteiger partial charge >= 0.3 is 6.09 Å². The van der Waals surface area contributed by atoms with Crippen molar-refractivity contribution >= 4 is 17.8 Å². The molecule has 2 amide bonds. The van der Waals surface area contributed by atoms with E-state index in [0.717, 1.165) is 37.9 Å². The maximum atomic E-state index is 15.4. The van der Waals surface area contributed by atoms with Gasteiger partial charge in [-0.2, -0.15) is 5.26 Å². The number of Topliss-reactive ketones (excluding diaryl/α,β-unsaturated/α-hetero) is 1. The second-order valence-corrected chi connectivity index (χ2v) is 13.2. The van der Waals surface area contributed by atoms with E-state index in [9.17, 15) is 19.6 Å². The fourth-order valence-corrected chi connectivity index (χ4v) is 6.69. The van der Waals surface area contributed by atoms with E-state index in [0.29, 0.717) is 29.8 Å². The lowest BCUT2D eigenvalue weighted by molar-refractivity contribution is -0.126. The Labute approximate surface area is 253 Å². The van der Waals surface area contributed by atoms with E-state index in [2.05, 4.69) is 11.0 Å². The third-order valence-corrected chi connectivity index (χ3v) is 8.90. The van der Waals surface area contributed by atoms with E-state index in [-0.39, 0.29) is 36.5 Å². The van der Waals surface area contributed by atoms with E-state index >= 15 is 4.39 Å². The summed E-state index contributed by atoms with van der Waals surface area (Å²) in [6.07, 6.45) is 2.04. The first kappa shape index (κ1) is 30.7. The van der Waals surface area contributed by atoms with Crippen LogP contribution in [0.25, 0.3) is 11.1 Å². The molecule has 0 aromatic heterocycles. The number of likely N-dealkylation sites (tertiary alicyclic amines) is 1. The summed E-state index contributed by atoms with van der Waals surface area (Å²) in [7, 11) is 2.04. The lowest BCUT2D eigenvalue weighted by Crippen LogP contribution is -2.51. The Morgan fingerprint density at radius 2 is 1.77 bits per heavy atom. The van der Waals surface area contributed by atoms with E-state index in [1.165, 1.54) is 6.07 Å². The highest BCUT2D eigenvalue weighted by Crippen LogP contribution is 2.44. The predicted octanol–water partition coefficient (Wildman–Crippen LogP) is 5.31. The first-order chi connectivity index (χ1) is 20.4. The Morgan fingerprint density at radius 1 is 1.05 bits per heavy atom. The molecule has 0 N–H and O–H groups in total. The average molecular weight is 589 g/mol. The van der Waals surface area contributed by atoms with Gasteiger partial charge in [0, 0.05) is 44.2 Å². The molecular weight excluding hydrogens is 547 g/mol. The van der Waals surface area contributed by atoms with Crippen LogP contribution in [0.5, 0.6) is 0 Å². The van der Waals surface area contributed by atoms with Gasteiger partial charge < -0.3 is 14.5 Å². The van der Waals surface area contributed by atoms with Crippen molar-refractivity contribution in [2.24, 2.45) is 11.8 Å². The summed E-state index contributed by atoms with van der Waals surface area (Å²) >= 11 is 0. The van der Waals surface area contributed by atoms with Crippen LogP contribution in [0.2, 0.25) is 0 Å². The van der Waals surface area contributed by atoms with Gasteiger partial charge in [0.1, 0.15) is 11.4 Å². The molecule has 5 rings (SSSR count). The van der Waals surface area contributed by atoms with Gasteiger partial charge in [-0.15, -0.1) is 0 Å². The Balaban J connectivity index is 1.25.